The Kier molecular flexibility index (Phi) is 3.92. The lowest BCUT2D eigenvalue weighted by atomic mass is 9.97. The quantitative estimate of drug-likeness (QED) is 0.873. The molecule has 1 saturated carbocycles. The number of nitrogens with zero attached hydrogens (tertiary/aromatic N) is 1. The highest BCUT2D eigenvalue weighted by molar-refractivity contribution is 7.89. The summed E-state index contributed by atoms with van der Waals surface area (Å²) in [6, 6.07) is 3.77. The Balaban J connectivity index is 1.95. The molecule has 1 aliphatic carbocycles. The van der Waals surface area contributed by atoms with Crippen molar-refractivity contribution in [3.8, 4) is 0 Å². The van der Waals surface area contributed by atoms with E-state index in [2.05, 4.69) is 0 Å². The zero-order valence-corrected chi connectivity index (χ0v) is 12.8. The SMILES string of the molecule is Nc1ccc(F)c(S(=O)(=O)N2CCCC2C2CCCC2)c1. The lowest BCUT2D eigenvalue weighted by molar-refractivity contribution is 0.287. The second-order valence-corrected chi connectivity index (χ2v) is 7.92. The number of sulfonamides is 1. The standard InChI is InChI=1S/C15H21FN2O2S/c16-13-8-7-12(17)10-15(13)21(19,20)18-9-3-6-14(18)11-4-1-2-5-11/h7-8,10-11,14H,1-6,9,17H2. The van der Waals surface area contributed by atoms with E-state index in [1.165, 1.54) is 29.3 Å². The van der Waals surface area contributed by atoms with Crippen molar-refractivity contribution in [2.45, 2.75) is 49.5 Å². The maximum absolute atomic E-state index is 14.0. The van der Waals surface area contributed by atoms with Gasteiger partial charge in [-0.05, 0) is 49.8 Å². The minimum Gasteiger partial charge on any atom is -0.399 e. The summed E-state index contributed by atoms with van der Waals surface area (Å²) in [5.74, 6) is -0.298. The second kappa shape index (κ2) is 5.57. The first-order valence-electron chi connectivity index (χ1n) is 7.57. The Hall–Kier alpha value is -1.14. The molecule has 1 aliphatic heterocycles. The van der Waals surface area contributed by atoms with E-state index in [0.717, 1.165) is 31.7 Å². The van der Waals surface area contributed by atoms with Crippen LogP contribution in [-0.2, 0) is 10.0 Å². The maximum atomic E-state index is 14.0. The van der Waals surface area contributed by atoms with Gasteiger partial charge >= 0.3 is 0 Å². The van der Waals surface area contributed by atoms with E-state index in [9.17, 15) is 12.8 Å². The zero-order chi connectivity index (χ0) is 15.0. The van der Waals surface area contributed by atoms with Crippen LogP contribution >= 0.6 is 0 Å². The number of rotatable bonds is 3. The minimum atomic E-state index is -3.80. The Morgan fingerprint density at radius 1 is 1.14 bits per heavy atom. The van der Waals surface area contributed by atoms with Crippen LogP contribution in [0.1, 0.15) is 38.5 Å². The highest BCUT2D eigenvalue weighted by Gasteiger charge is 2.41. The van der Waals surface area contributed by atoms with Crippen LogP contribution in [0.15, 0.2) is 23.1 Å². The van der Waals surface area contributed by atoms with Gasteiger partial charge in [-0.25, -0.2) is 12.8 Å². The summed E-state index contributed by atoms with van der Waals surface area (Å²) in [5, 5.41) is 0. The number of benzene rings is 1. The lowest BCUT2D eigenvalue weighted by Crippen LogP contribution is -2.39. The van der Waals surface area contributed by atoms with E-state index >= 15 is 0 Å². The molecule has 1 saturated heterocycles. The van der Waals surface area contributed by atoms with Gasteiger partial charge in [-0.3, -0.25) is 0 Å². The third-order valence-corrected chi connectivity index (χ3v) is 6.67. The Bertz CT molecular complexity index is 627. The van der Waals surface area contributed by atoms with E-state index in [0.29, 0.717) is 12.5 Å². The van der Waals surface area contributed by atoms with Gasteiger partial charge in [0.1, 0.15) is 10.7 Å². The number of nitrogens with two attached hydrogens (primary N) is 1. The molecule has 3 rings (SSSR count). The van der Waals surface area contributed by atoms with Gasteiger partial charge < -0.3 is 5.73 Å². The Morgan fingerprint density at radius 2 is 1.86 bits per heavy atom. The van der Waals surface area contributed by atoms with Crippen LogP contribution < -0.4 is 5.73 Å². The van der Waals surface area contributed by atoms with Gasteiger partial charge in [0, 0.05) is 18.3 Å². The molecule has 2 N–H and O–H groups in total. The lowest BCUT2D eigenvalue weighted by Gasteiger charge is -2.28. The monoisotopic (exact) mass is 312 g/mol. The molecule has 1 atom stereocenters. The number of nitrogen functional groups attached to an aromatic ring is 1. The summed E-state index contributed by atoms with van der Waals surface area (Å²) in [6.45, 7) is 0.484. The molecule has 116 valence electrons. The summed E-state index contributed by atoms with van der Waals surface area (Å²) in [6.07, 6.45) is 6.23. The van der Waals surface area contributed by atoms with Crippen molar-refractivity contribution in [3.05, 3.63) is 24.0 Å². The summed E-state index contributed by atoms with van der Waals surface area (Å²) in [5.41, 5.74) is 5.90. The first kappa shape index (κ1) is 14.8. The van der Waals surface area contributed by atoms with Gasteiger partial charge in [0.15, 0.2) is 0 Å². The van der Waals surface area contributed by atoms with E-state index < -0.39 is 15.8 Å². The van der Waals surface area contributed by atoms with Crippen molar-refractivity contribution in [1.82, 2.24) is 4.31 Å². The maximum Gasteiger partial charge on any atom is 0.246 e. The third-order valence-electron chi connectivity index (χ3n) is 4.73. The molecule has 1 aromatic carbocycles. The highest BCUT2D eigenvalue weighted by atomic mass is 32.2. The van der Waals surface area contributed by atoms with Crippen molar-refractivity contribution in [3.63, 3.8) is 0 Å². The molecule has 6 heteroatoms. The Morgan fingerprint density at radius 3 is 2.57 bits per heavy atom. The number of hydrogen-bond acceptors (Lipinski definition) is 3. The van der Waals surface area contributed by atoms with Gasteiger partial charge in [-0.1, -0.05) is 12.8 Å². The molecule has 0 bridgehead atoms. The molecule has 21 heavy (non-hydrogen) atoms. The molecule has 4 nitrogen and oxygen atoms in total. The smallest absolute Gasteiger partial charge is 0.246 e. The molecule has 0 radical (unpaired) electrons. The summed E-state index contributed by atoms with van der Waals surface area (Å²) in [7, 11) is -3.80. The molecule has 1 unspecified atom stereocenters. The predicted octanol–water partition coefficient (Wildman–Crippen LogP) is 2.75. The van der Waals surface area contributed by atoms with Gasteiger partial charge in [0.05, 0.1) is 0 Å². The fraction of sp³-hybridized carbons (Fsp3) is 0.600. The zero-order valence-electron chi connectivity index (χ0n) is 12.0. The molecular formula is C15H21FN2O2S. The van der Waals surface area contributed by atoms with Gasteiger partial charge in [0.2, 0.25) is 10.0 Å². The normalized spacial score (nSPS) is 24.7. The average molecular weight is 312 g/mol. The van der Waals surface area contributed by atoms with Crippen molar-refractivity contribution >= 4 is 15.7 Å². The minimum absolute atomic E-state index is 0.0262. The molecule has 2 aliphatic rings. The molecular weight excluding hydrogens is 291 g/mol. The van der Waals surface area contributed by atoms with E-state index in [4.69, 9.17) is 5.73 Å². The van der Waals surface area contributed by atoms with E-state index in [1.807, 2.05) is 0 Å². The van der Waals surface area contributed by atoms with E-state index in [1.54, 1.807) is 0 Å². The van der Waals surface area contributed by atoms with Gasteiger partial charge in [0.25, 0.3) is 0 Å². The van der Waals surface area contributed by atoms with Crippen LogP contribution in [0.25, 0.3) is 0 Å². The number of anilines is 1. The molecule has 0 spiro atoms. The third kappa shape index (κ3) is 2.66. The van der Waals surface area contributed by atoms with Crippen LogP contribution in [0.2, 0.25) is 0 Å². The fourth-order valence-corrected chi connectivity index (χ4v) is 5.58. The second-order valence-electron chi connectivity index (χ2n) is 6.06. The molecule has 0 amide bonds. The number of halogens is 1. The predicted molar refractivity (Wildman–Crippen MR) is 79.7 cm³/mol. The van der Waals surface area contributed by atoms with Crippen molar-refractivity contribution in [2.24, 2.45) is 5.92 Å². The average Bonchev–Trinajstić information content (AvgIpc) is 3.10. The van der Waals surface area contributed by atoms with Crippen LogP contribution in [0.4, 0.5) is 10.1 Å². The van der Waals surface area contributed by atoms with Gasteiger partial charge in [-0.15, -0.1) is 0 Å². The summed E-state index contributed by atoms with van der Waals surface area (Å²) in [4.78, 5) is -0.285. The molecule has 1 aromatic rings. The topological polar surface area (TPSA) is 63.4 Å². The first-order chi connectivity index (χ1) is 10.00. The van der Waals surface area contributed by atoms with Crippen LogP contribution in [-0.4, -0.2) is 25.3 Å². The summed E-state index contributed by atoms with van der Waals surface area (Å²) < 4.78 is 41.1. The number of hydrogen-bond donors (Lipinski definition) is 1. The summed E-state index contributed by atoms with van der Waals surface area (Å²) >= 11 is 0. The molecule has 0 aromatic heterocycles. The fourth-order valence-electron chi connectivity index (χ4n) is 3.72. The molecule has 1 heterocycles. The van der Waals surface area contributed by atoms with Crippen LogP contribution in [0.5, 0.6) is 0 Å². The van der Waals surface area contributed by atoms with Gasteiger partial charge in [-0.2, -0.15) is 4.31 Å². The Labute approximate surface area is 125 Å². The molecule has 2 fully saturated rings. The largest absolute Gasteiger partial charge is 0.399 e. The van der Waals surface area contributed by atoms with Crippen molar-refractivity contribution in [2.75, 3.05) is 12.3 Å². The van der Waals surface area contributed by atoms with Crippen molar-refractivity contribution < 1.29 is 12.8 Å². The van der Waals surface area contributed by atoms with Crippen LogP contribution in [0, 0.1) is 11.7 Å². The van der Waals surface area contributed by atoms with Crippen molar-refractivity contribution in [1.29, 1.82) is 0 Å². The van der Waals surface area contributed by atoms with E-state index in [-0.39, 0.29) is 16.6 Å². The van der Waals surface area contributed by atoms with Crippen LogP contribution in [0.3, 0.4) is 0 Å². The first-order valence-corrected chi connectivity index (χ1v) is 9.01. The highest BCUT2D eigenvalue weighted by Crippen LogP contribution is 2.38.